The molecule has 0 aliphatic carbocycles. The van der Waals surface area contributed by atoms with Gasteiger partial charge in [0.1, 0.15) is 5.75 Å². The van der Waals surface area contributed by atoms with E-state index in [4.69, 9.17) is 4.74 Å². The van der Waals surface area contributed by atoms with Crippen LogP contribution in [-0.2, 0) is 0 Å². The summed E-state index contributed by atoms with van der Waals surface area (Å²) in [7, 11) is 0. The number of hydrogen-bond donors (Lipinski definition) is 1. The maximum Gasteiger partial charge on any atom is 0.125 e. The SMILES string of the molecule is CCOc1ccccc1C(O)CC1CCSCC1. The van der Waals surface area contributed by atoms with Crippen LogP contribution in [0.25, 0.3) is 0 Å². The molecule has 2 nitrogen and oxygen atoms in total. The number of thioether (sulfide) groups is 1. The maximum atomic E-state index is 10.4. The van der Waals surface area contributed by atoms with Gasteiger partial charge >= 0.3 is 0 Å². The Hall–Kier alpha value is -0.670. The smallest absolute Gasteiger partial charge is 0.125 e. The van der Waals surface area contributed by atoms with Gasteiger partial charge in [0.25, 0.3) is 0 Å². The average Bonchev–Trinajstić information content (AvgIpc) is 2.41. The molecule has 0 aromatic heterocycles. The molecule has 0 spiro atoms. The van der Waals surface area contributed by atoms with Crippen LogP contribution in [0.15, 0.2) is 24.3 Å². The highest BCUT2D eigenvalue weighted by Gasteiger charge is 2.20. The van der Waals surface area contributed by atoms with Gasteiger partial charge < -0.3 is 9.84 Å². The van der Waals surface area contributed by atoms with Crippen molar-refractivity contribution >= 4 is 11.8 Å². The van der Waals surface area contributed by atoms with Gasteiger partial charge in [-0.15, -0.1) is 0 Å². The average molecular weight is 266 g/mol. The third kappa shape index (κ3) is 3.66. The summed E-state index contributed by atoms with van der Waals surface area (Å²) in [5.74, 6) is 3.98. The van der Waals surface area contributed by atoms with E-state index in [2.05, 4.69) is 0 Å². The first-order valence-electron chi connectivity index (χ1n) is 6.78. The first-order chi connectivity index (χ1) is 8.81. The lowest BCUT2D eigenvalue weighted by Gasteiger charge is -2.24. The van der Waals surface area contributed by atoms with Gasteiger partial charge in [0, 0.05) is 5.56 Å². The molecule has 1 atom stereocenters. The molecule has 1 fully saturated rings. The van der Waals surface area contributed by atoms with Crippen molar-refractivity contribution in [3.63, 3.8) is 0 Å². The second-order valence-electron chi connectivity index (χ2n) is 4.78. The zero-order chi connectivity index (χ0) is 12.8. The Morgan fingerprint density at radius 1 is 1.33 bits per heavy atom. The van der Waals surface area contributed by atoms with Crippen molar-refractivity contribution < 1.29 is 9.84 Å². The van der Waals surface area contributed by atoms with E-state index in [9.17, 15) is 5.11 Å². The zero-order valence-corrected chi connectivity index (χ0v) is 11.8. The van der Waals surface area contributed by atoms with E-state index in [1.54, 1.807) is 0 Å². The predicted octanol–water partition coefficient (Wildman–Crippen LogP) is 3.65. The normalized spacial score (nSPS) is 18.6. The van der Waals surface area contributed by atoms with Crippen LogP contribution in [0.4, 0.5) is 0 Å². The Kier molecular flexibility index (Phi) is 5.39. The van der Waals surface area contributed by atoms with Crippen LogP contribution in [0, 0.1) is 5.92 Å². The second-order valence-corrected chi connectivity index (χ2v) is 6.00. The number of benzene rings is 1. The van der Waals surface area contributed by atoms with E-state index < -0.39 is 0 Å². The standard InChI is InChI=1S/C15H22O2S/c1-2-17-15-6-4-3-5-13(15)14(16)11-12-7-9-18-10-8-12/h3-6,12,14,16H,2,7-11H2,1H3. The topological polar surface area (TPSA) is 29.5 Å². The van der Waals surface area contributed by atoms with Gasteiger partial charge in [-0.1, -0.05) is 18.2 Å². The quantitative estimate of drug-likeness (QED) is 0.882. The van der Waals surface area contributed by atoms with Crippen LogP contribution in [-0.4, -0.2) is 23.2 Å². The minimum atomic E-state index is -0.388. The van der Waals surface area contributed by atoms with Crippen molar-refractivity contribution in [3.8, 4) is 5.75 Å². The minimum Gasteiger partial charge on any atom is -0.493 e. The number of rotatable bonds is 5. The summed E-state index contributed by atoms with van der Waals surface area (Å²) < 4.78 is 5.58. The Labute approximate surface area is 114 Å². The molecule has 1 heterocycles. The fourth-order valence-electron chi connectivity index (χ4n) is 2.47. The summed E-state index contributed by atoms with van der Waals surface area (Å²) in [4.78, 5) is 0. The molecule has 0 saturated carbocycles. The fraction of sp³-hybridized carbons (Fsp3) is 0.600. The third-order valence-electron chi connectivity index (χ3n) is 3.48. The van der Waals surface area contributed by atoms with Crippen molar-refractivity contribution in [1.29, 1.82) is 0 Å². The van der Waals surface area contributed by atoms with Crippen LogP contribution in [0.1, 0.15) is 37.9 Å². The molecule has 1 aromatic rings. The van der Waals surface area contributed by atoms with Crippen LogP contribution in [0.3, 0.4) is 0 Å². The highest BCUT2D eigenvalue weighted by atomic mass is 32.2. The molecular formula is C15H22O2S. The number of para-hydroxylation sites is 1. The number of hydrogen-bond acceptors (Lipinski definition) is 3. The highest BCUT2D eigenvalue weighted by Crippen LogP contribution is 2.34. The lowest BCUT2D eigenvalue weighted by atomic mass is 9.92. The molecule has 1 aliphatic rings. The summed E-state index contributed by atoms with van der Waals surface area (Å²) in [5.41, 5.74) is 0.942. The summed E-state index contributed by atoms with van der Waals surface area (Å²) in [6, 6.07) is 7.85. The van der Waals surface area contributed by atoms with Gasteiger partial charge in [-0.2, -0.15) is 11.8 Å². The van der Waals surface area contributed by atoms with Gasteiger partial charge in [-0.25, -0.2) is 0 Å². The number of aliphatic hydroxyl groups is 1. The first kappa shape index (κ1) is 13.8. The summed E-state index contributed by atoms with van der Waals surface area (Å²) in [6.07, 6.45) is 2.95. The van der Waals surface area contributed by atoms with E-state index in [-0.39, 0.29) is 6.10 Å². The molecule has 1 unspecified atom stereocenters. The van der Waals surface area contributed by atoms with Crippen molar-refractivity contribution in [2.75, 3.05) is 18.1 Å². The number of ether oxygens (including phenoxy) is 1. The van der Waals surface area contributed by atoms with Crippen molar-refractivity contribution in [3.05, 3.63) is 29.8 Å². The highest BCUT2D eigenvalue weighted by molar-refractivity contribution is 7.99. The van der Waals surface area contributed by atoms with Crippen molar-refractivity contribution in [2.24, 2.45) is 5.92 Å². The van der Waals surface area contributed by atoms with E-state index >= 15 is 0 Å². The second kappa shape index (κ2) is 7.05. The van der Waals surface area contributed by atoms with Crippen LogP contribution >= 0.6 is 11.8 Å². The maximum absolute atomic E-state index is 10.4. The lowest BCUT2D eigenvalue weighted by Crippen LogP contribution is -2.14. The number of aliphatic hydroxyl groups excluding tert-OH is 1. The van der Waals surface area contributed by atoms with Crippen LogP contribution < -0.4 is 4.74 Å². The molecule has 1 aliphatic heterocycles. The lowest BCUT2D eigenvalue weighted by molar-refractivity contribution is 0.136. The first-order valence-corrected chi connectivity index (χ1v) is 7.94. The van der Waals surface area contributed by atoms with Gasteiger partial charge in [-0.3, -0.25) is 0 Å². The van der Waals surface area contributed by atoms with Crippen molar-refractivity contribution in [1.82, 2.24) is 0 Å². The molecule has 2 rings (SSSR count). The van der Waals surface area contributed by atoms with Gasteiger partial charge in [0.2, 0.25) is 0 Å². The summed E-state index contributed by atoms with van der Waals surface area (Å²) >= 11 is 2.03. The molecule has 1 saturated heterocycles. The molecule has 0 bridgehead atoms. The molecule has 0 amide bonds. The Balaban J connectivity index is 2.00. The van der Waals surface area contributed by atoms with Gasteiger partial charge in [0.05, 0.1) is 12.7 Å². The minimum absolute atomic E-state index is 0.388. The molecule has 1 aromatic carbocycles. The van der Waals surface area contributed by atoms with Gasteiger partial charge in [-0.05, 0) is 49.7 Å². The van der Waals surface area contributed by atoms with Crippen LogP contribution in [0.5, 0.6) is 5.75 Å². The predicted molar refractivity (Wildman–Crippen MR) is 77.2 cm³/mol. The van der Waals surface area contributed by atoms with E-state index in [1.165, 1.54) is 24.3 Å². The molecule has 18 heavy (non-hydrogen) atoms. The Bertz CT molecular complexity index is 361. The monoisotopic (exact) mass is 266 g/mol. The van der Waals surface area contributed by atoms with Crippen LogP contribution in [0.2, 0.25) is 0 Å². The zero-order valence-electron chi connectivity index (χ0n) is 11.0. The summed E-state index contributed by atoms with van der Waals surface area (Å²) in [5, 5.41) is 10.4. The van der Waals surface area contributed by atoms with E-state index in [1.807, 2.05) is 43.0 Å². The molecule has 1 N–H and O–H groups in total. The third-order valence-corrected chi connectivity index (χ3v) is 4.52. The van der Waals surface area contributed by atoms with E-state index in [0.29, 0.717) is 12.5 Å². The molecule has 100 valence electrons. The molecule has 0 radical (unpaired) electrons. The Morgan fingerprint density at radius 2 is 2.06 bits per heavy atom. The largest absolute Gasteiger partial charge is 0.493 e. The molecule has 3 heteroatoms. The van der Waals surface area contributed by atoms with Crippen molar-refractivity contribution in [2.45, 2.75) is 32.3 Å². The summed E-state index contributed by atoms with van der Waals surface area (Å²) in [6.45, 7) is 2.62. The fourth-order valence-corrected chi connectivity index (χ4v) is 3.67. The van der Waals surface area contributed by atoms with Gasteiger partial charge in [0.15, 0.2) is 0 Å². The Morgan fingerprint density at radius 3 is 2.78 bits per heavy atom. The van der Waals surface area contributed by atoms with E-state index in [0.717, 1.165) is 17.7 Å². The molecular weight excluding hydrogens is 244 g/mol.